The van der Waals surface area contributed by atoms with Crippen molar-refractivity contribution in [3.63, 3.8) is 0 Å². The van der Waals surface area contributed by atoms with Gasteiger partial charge in [-0.25, -0.2) is 0 Å². The molecule has 2 rings (SSSR count). The maximum absolute atomic E-state index is 12.3. The SMILES string of the molecule is COc1ccc(C)cc1NC(=O)CN1CCC(C)C(CN)C1. The number of likely N-dealkylation sites (tertiary alicyclic amines) is 1. The highest BCUT2D eigenvalue weighted by Crippen LogP contribution is 2.26. The fourth-order valence-corrected chi connectivity index (χ4v) is 2.99. The largest absolute Gasteiger partial charge is 0.495 e. The predicted octanol–water partition coefficient (Wildman–Crippen LogP) is 1.86. The molecule has 0 saturated carbocycles. The lowest BCUT2D eigenvalue weighted by Crippen LogP contribution is -2.45. The van der Waals surface area contributed by atoms with E-state index in [9.17, 15) is 4.79 Å². The lowest BCUT2D eigenvalue weighted by atomic mass is 9.87. The first-order valence-corrected chi connectivity index (χ1v) is 7.90. The minimum absolute atomic E-state index is 0.00535. The Balaban J connectivity index is 1.94. The van der Waals surface area contributed by atoms with Crippen molar-refractivity contribution >= 4 is 11.6 Å². The van der Waals surface area contributed by atoms with E-state index in [0.717, 1.165) is 30.8 Å². The number of nitrogens with one attached hydrogen (secondary N) is 1. The van der Waals surface area contributed by atoms with Gasteiger partial charge in [0.1, 0.15) is 5.75 Å². The van der Waals surface area contributed by atoms with E-state index in [0.29, 0.717) is 30.7 Å². The number of piperidine rings is 1. The van der Waals surface area contributed by atoms with Crippen LogP contribution in [0.3, 0.4) is 0 Å². The summed E-state index contributed by atoms with van der Waals surface area (Å²) in [5.74, 6) is 1.80. The van der Waals surface area contributed by atoms with E-state index in [-0.39, 0.29) is 5.91 Å². The van der Waals surface area contributed by atoms with Crippen LogP contribution in [0.4, 0.5) is 5.69 Å². The molecule has 5 nitrogen and oxygen atoms in total. The topological polar surface area (TPSA) is 67.6 Å². The van der Waals surface area contributed by atoms with Crippen LogP contribution in [0.1, 0.15) is 18.9 Å². The number of rotatable bonds is 5. The summed E-state index contributed by atoms with van der Waals surface area (Å²) in [6.45, 7) is 7.18. The summed E-state index contributed by atoms with van der Waals surface area (Å²) in [7, 11) is 1.61. The molecule has 0 aliphatic carbocycles. The van der Waals surface area contributed by atoms with Crippen LogP contribution in [0, 0.1) is 18.8 Å². The van der Waals surface area contributed by atoms with Crippen LogP contribution in [0.15, 0.2) is 18.2 Å². The highest BCUT2D eigenvalue weighted by molar-refractivity contribution is 5.93. The van der Waals surface area contributed by atoms with Gasteiger partial charge >= 0.3 is 0 Å². The number of nitrogens with zero attached hydrogens (tertiary/aromatic N) is 1. The molecule has 3 N–H and O–H groups in total. The summed E-state index contributed by atoms with van der Waals surface area (Å²) >= 11 is 0. The number of aryl methyl sites for hydroxylation is 1. The van der Waals surface area contributed by atoms with Crippen molar-refractivity contribution in [2.24, 2.45) is 17.6 Å². The molecule has 1 saturated heterocycles. The highest BCUT2D eigenvalue weighted by Gasteiger charge is 2.26. The Morgan fingerprint density at radius 2 is 2.27 bits per heavy atom. The molecule has 1 amide bonds. The zero-order valence-electron chi connectivity index (χ0n) is 13.8. The molecule has 0 aromatic heterocycles. The molecule has 1 aliphatic heterocycles. The van der Waals surface area contributed by atoms with Gasteiger partial charge in [-0.2, -0.15) is 0 Å². The Bertz CT molecular complexity index is 519. The first-order valence-electron chi connectivity index (χ1n) is 7.90. The molecule has 0 spiro atoms. The predicted molar refractivity (Wildman–Crippen MR) is 89.1 cm³/mol. The smallest absolute Gasteiger partial charge is 0.238 e. The number of ether oxygens (including phenoxy) is 1. The van der Waals surface area contributed by atoms with Crippen molar-refractivity contribution < 1.29 is 9.53 Å². The number of anilines is 1. The molecule has 0 bridgehead atoms. The van der Waals surface area contributed by atoms with Crippen molar-refractivity contribution in [2.75, 3.05) is 38.6 Å². The van der Waals surface area contributed by atoms with E-state index in [1.807, 2.05) is 25.1 Å². The fourth-order valence-electron chi connectivity index (χ4n) is 2.99. The van der Waals surface area contributed by atoms with Crippen molar-refractivity contribution in [2.45, 2.75) is 20.3 Å². The van der Waals surface area contributed by atoms with Gasteiger partial charge in [-0.05, 0) is 56.0 Å². The molecule has 0 radical (unpaired) electrons. The van der Waals surface area contributed by atoms with Crippen molar-refractivity contribution in [1.29, 1.82) is 0 Å². The van der Waals surface area contributed by atoms with E-state index < -0.39 is 0 Å². The summed E-state index contributed by atoms with van der Waals surface area (Å²) in [4.78, 5) is 14.5. The van der Waals surface area contributed by atoms with E-state index in [4.69, 9.17) is 10.5 Å². The van der Waals surface area contributed by atoms with E-state index in [2.05, 4.69) is 17.1 Å². The van der Waals surface area contributed by atoms with Crippen LogP contribution in [0.25, 0.3) is 0 Å². The van der Waals surface area contributed by atoms with Gasteiger partial charge in [0.05, 0.1) is 19.3 Å². The van der Waals surface area contributed by atoms with Gasteiger partial charge < -0.3 is 15.8 Å². The second-order valence-electron chi connectivity index (χ2n) is 6.25. The summed E-state index contributed by atoms with van der Waals surface area (Å²) in [5, 5.41) is 2.96. The Morgan fingerprint density at radius 1 is 1.50 bits per heavy atom. The average Bonchev–Trinajstić information content (AvgIpc) is 2.49. The Kier molecular flexibility index (Phi) is 5.80. The third-order valence-corrected chi connectivity index (χ3v) is 4.50. The fraction of sp³-hybridized carbons (Fsp3) is 0.588. The molecule has 1 aromatic rings. The number of carbonyl (C=O) groups is 1. The molecule has 1 heterocycles. The number of nitrogens with two attached hydrogens (primary N) is 1. The molecular formula is C17H27N3O2. The minimum atomic E-state index is -0.00535. The van der Waals surface area contributed by atoms with E-state index >= 15 is 0 Å². The molecule has 1 aromatic carbocycles. The lowest BCUT2D eigenvalue weighted by molar-refractivity contribution is -0.117. The highest BCUT2D eigenvalue weighted by atomic mass is 16.5. The normalized spacial score (nSPS) is 22.4. The van der Waals surface area contributed by atoms with Crippen molar-refractivity contribution in [3.8, 4) is 5.75 Å². The molecule has 122 valence electrons. The Morgan fingerprint density at radius 3 is 2.95 bits per heavy atom. The number of methoxy groups -OCH3 is 1. The Hall–Kier alpha value is -1.59. The third kappa shape index (κ3) is 4.21. The van der Waals surface area contributed by atoms with Crippen LogP contribution in [0.5, 0.6) is 5.75 Å². The molecule has 22 heavy (non-hydrogen) atoms. The van der Waals surface area contributed by atoms with Crippen LogP contribution >= 0.6 is 0 Å². The summed E-state index contributed by atoms with van der Waals surface area (Å²) in [6.07, 6.45) is 1.10. The van der Waals surface area contributed by atoms with Gasteiger partial charge in [0.2, 0.25) is 5.91 Å². The standard InChI is InChI=1S/C17H27N3O2/c1-12-4-5-16(22-3)15(8-12)19-17(21)11-20-7-6-13(2)14(9-18)10-20/h4-5,8,13-14H,6-7,9-11,18H2,1-3H3,(H,19,21). The van der Waals surface area contributed by atoms with Gasteiger partial charge in [0.25, 0.3) is 0 Å². The van der Waals surface area contributed by atoms with Crippen LogP contribution in [-0.2, 0) is 4.79 Å². The van der Waals surface area contributed by atoms with Crippen molar-refractivity contribution in [3.05, 3.63) is 23.8 Å². The van der Waals surface area contributed by atoms with Crippen LogP contribution in [0.2, 0.25) is 0 Å². The van der Waals surface area contributed by atoms with Gasteiger partial charge in [0.15, 0.2) is 0 Å². The van der Waals surface area contributed by atoms with Crippen LogP contribution < -0.4 is 15.8 Å². The van der Waals surface area contributed by atoms with Gasteiger partial charge in [-0.15, -0.1) is 0 Å². The second kappa shape index (κ2) is 7.61. The maximum atomic E-state index is 12.3. The average molecular weight is 305 g/mol. The zero-order chi connectivity index (χ0) is 16.1. The summed E-state index contributed by atoms with van der Waals surface area (Å²) in [6, 6.07) is 5.77. The molecule has 2 atom stereocenters. The zero-order valence-corrected chi connectivity index (χ0v) is 13.8. The van der Waals surface area contributed by atoms with E-state index in [1.165, 1.54) is 0 Å². The molecule has 5 heteroatoms. The number of hydrogen-bond donors (Lipinski definition) is 2. The molecule has 1 aliphatic rings. The number of amides is 1. The van der Waals surface area contributed by atoms with Crippen LogP contribution in [-0.4, -0.2) is 44.1 Å². The lowest BCUT2D eigenvalue weighted by Gasteiger charge is -2.36. The number of carbonyl (C=O) groups excluding carboxylic acids is 1. The number of benzene rings is 1. The minimum Gasteiger partial charge on any atom is -0.495 e. The monoisotopic (exact) mass is 305 g/mol. The first-order chi connectivity index (χ1) is 10.5. The summed E-state index contributed by atoms with van der Waals surface area (Å²) in [5.41, 5.74) is 7.64. The second-order valence-corrected chi connectivity index (χ2v) is 6.25. The van der Waals surface area contributed by atoms with E-state index in [1.54, 1.807) is 7.11 Å². The van der Waals surface area contributed by atoms with Gasteiger partial charge in [-0.3, -0.25) is 9.69 Å². The number of hydrogen-bond acceptors (Lipinski definition) is 4. The van der Waals surface area contributed by atoms with Gasteiger partial charge in [-0.1, -0.05) is 13.0 Å². The third-order valence-electron chi connectivity index (χ3n) is 4.50. The maximum Gasteiger partial charge on any atom is 0.238 e. The first kappa shape index (κ1) is 16.8. The van der Waals surface area contributed by atoms with Gasteiger partial charge in [0, 0.05) is 6.54 Å². The Labute approximate surface area is 132 Å². The van der Waals surface area contributed by atoms with Crippen molar-refractivity contribution in [1.82, 2.24) is 4.90 Å². The molecule has 1 fully saturated rings. The quantitative estimate of drug-likeness (QED) is 0.871. The molecule has 2 unspecified atom stereocenters. The summed E-state index contributed by atoms with van der Waals surface area (Å²) < 4.78 is 5.29. The molecular weight excluding hydrogens is 278 g/mol.